The molecule has 0 aliphatic heterocycles. The minimum absolute atomic E-state index is 0.0458. The second-order valence-electron chi connectivity index (χ2n) is 9.02. The zero-order chi connectivity index (χ0) is 24.6. The first-order chi connectivity index (χ1) is 16.2. The average molecular weight is 524 g/mol. The van der Waals surface area contributed by atoms with Gasteiger partial charge in [0.2, 0.25) is 5.91 Å². The maximum atomic E-state index is 12.3. The van der Waals surface area contributed by atoms with Crippen molar-refractivity contribution in [2.24, 2.45) is 0 Å². The standard InChI is InChI=1S/C27H30BrN3O3/c1-27(2,3)21-11-12-24(23(28)16-21)34-14-6-10-25(32)30-17-19-7-4-9-22(15-19)31-26(33)20-8-5-13-29-18-20/h4-5,7-9,11-13,15-16,18H,6,10,14,17H2,1-3H3,(H,30,32)(H,31,33). The number of benzene rings is 2. The fourth-order valence-electron chi connectivity index (χ4n) is 3.25. The fraction of sp³-hybridized carbons (Fsp3) is 0.296. The number of nitrogens with one attached hydrogen (secondary N) is 2. The Morgan fingerprint density at radius 1 is 1.06 bits per heavy atom. The molecule has 0 fully saturated rings. The molecule has 2 N–H and O–H groups in total. The number of hydrogen-bond donors (Lipinski definition) is 2. The fourth-order valence-corrected chi connectivity index (χ4v) is 3.74. The van der Waals surface area contributed by atoms with Crippen LogP contribution in [0.1, 0.15) is 55.1 Å². The summed E-state index contributed by atoms with van der Waals surface area (Å²) in [4.78, 5) is 28.5. The lowest BCUT2D eigenvalue weighted by Crippen LogP contribution is -2.23. The van der Waals surface area contributed by atoms with Crippen LogP contribution in [0, 0.1) is 0 Å². The molecule has 34 heavy (non-hydrogen) atoms. The maximum Gasteiger partial charge on any atom is 0.257 e. The van der Waals surface area contributed by atoms with E-state index in [-0.39, 0.29) is 17.2 Å². The van der Waals surface area contributed by atoms with Crippen LogP contribution in [0.25, 0.3) is 0 Å². The van der Waals surface area contributed by atoms with Crippen molar-refractivity contribution in [1.82, 2.24) is 10.3 Å². The molecule has 0 bridgehead atoms. The molecule has 0 unspecified atom stereocenters. The van der Waals surface area contributed by atoms with Crippen LogP contribution < -0.4 is 15.4 Å². The first-order valence-corrected chi connectivity index (χ1v) is 12.0. The lowest BCUT2D eigenvalue weighted by Gasteiger charge is -2.20. The quantitative estimate of drug-likeness (QED) is 0.343. The molecule has 7 heteroatoms. The lowest BCUT2D eigenvalue weighted by molar-refractivity contribution is -0.121. The van der Waals surface area contributed by atoms with Crippen LogP contribution in [0.2, 0.25) is 0 Å². The topological polar surface area (TPSA) is 80.3 Å². The number of carbonyl (C=O) groups excluding carboxylic acids is 2. The van der Waals surface area contributed by atoms with Crippen LogP contribution >= 0.6 is 15.9 Å². The SMILES string of the molecule is CC(C)(C)c1ccc(OCCCC(=O)NCc2cccc(NC(=O)c3cccnc3)c2)c(Br)c1. The van der Waals surface area contributed by atoms with Crippen molar-refractivity contribution in [2.45, 2.75) is 45.6 Å². The summed E-state index contributed by atoms with van der Waals surface area (Å²) in [7, 11) is 0. The van der Waals surface area contributed by atoms with Crippen LogP contribution in [0.5, 0.6) is 5.75 Å². The van der Waals surface area contributed by atoms with E-state index in [1.165, 1.54) is 11.8 Å². The summed E-state index contributed by atoms with van der Waals surface area (Å²) in [5.74, 6) is 0.503. The van der Waals surface area contributed by atoms with Crippen LogP contribution in [0.3, 0.4) is 0 Å². The van der Waals surface area contributed by atoms with Gasteiger partial charge in [-0.1, -0.05) is 39.0 Å². The van der Waals surface area contributed by atoms with Crippen LogP contribution in [-0.4, -0.2) is 23.4 Å². The molecule has 2 amide bonds. The third-order valence-corrected chi connectivity index (χ3v) is 5.82. The van der Waals surface area contributed by atoms with Crippen LogP contribution in [-0.2, 0) is 16.8 Å². The van der Waals surface area contributed by atoms with E-state index in [4.69, 9.17) is 4.74 Å². The Morgan fingerprint density at radius 3 is 2.59 bits per heavy atom. The second-order valence-corrected chi connectivity index (χ2v) is 9.87. The molecule has 3 rings (SSSR count). The molecular weight excluding hydrogens is 494 g/mol. The zero-order valence-corrected chi connectivity index (χ0v) is 21.3. The molecule has 2 aromatic carbocycles. The molecular formula is C27H30BrN3O3. The van der Waals surface area contributed by atoms with Gasteiger partial charge in [0, 0.05) is 31.0 Å². The Labute approximate surface area is 209 Å². The summed E-state index contributed by atoms with van der Waals surface area (Å²) in [6.45, 7) is 7.35. The first kappa shape index (κ1) is 25.4. The third kappa shape index (κ3) is 7.70. The van der Waals surface area contributed by atoms with E-state index in [9.17, 15) is 9.59 Å². The highest BCUT2D eigenvalue weighted by molar-refractivity contribution is 9.10. The van der Waals surface area contributed by atoms with Gasteiger partial charge in [0.1, 0.15) is 5.75 Å². The minimum Gasteiger partial charge on any atom is -0.492 e. The molecule has 178 valence electrons. The van der Waals surface area contributed by atoms with Crippen molar-refractivity contribution in [3.8, 4) is 5.75 Å². The number of halogens is 1. The highest BCUT2D eigenvalue weighted by Gasteiger charge is 2.15. The predicted molar refractivity (Wildman–Crippen MR) is 138 cm³/mol. The summed E-state index contributed by atoms with van der Waals surface area (Å²) >= 11 is 3.57. The largest absolute Gasteiger partial charge is 0.492 e. The van der Waals surface area contributed by atoms with Crippen LogP contribution in [0.15, 0.2) is 71.5 Å². The second kappa shape index (κ2) is 11.8. The number of anilines is 1. The molecule has 1 heterocycles. The third-order valence-electron chi connectivity index (χ3n) is 5.20. The van der Waals surface area contributed by atoms with Gasteiger partial charge < -0.3 is 15.4 Å². The van der Waals surface area contributed by atoms with Crippen LogP contribution in [0.4, 0.5) is 5.69 Å². The number of nitrogens with zero attached hydrogens (tertiary/aromatic N) is 1. The van der Waals surface area contributed by atoms with Gasteiger partial charge in [0.05, 0.1) is 16.6 Å². The highest BCUT2D eigenvalue weighted by Crippen LogP contribution is 2.31. The Balaban J connectivity index is 1.41. The number of carbonyl (C=O) groups is 2. The Hall–Kier alpha value is -3.19. The van der Waals surface area contributed by atoms with E-state index in [0.29, 0.717) is 37.2 Å². The van der Waals surface area contributed by atoms with E-state index in [2.05, 4.69) is 64.5 Å². The summed E-state index contributed by atoms with van der Waals surface area (Å²) in [6, 6.07) is 16.9. The smallest absolute Gasteiger partial charge is 0.257 e. The Kier molecular flexibility index (Phi) is 8.82. The van der Waals surface area contributed by atoms with Crippen molar-refractivity contribution >= 4 is 33.4 Å². The van der Waals surface area contributed by atoms with Crippen molar-refractivity contribution in [1.29, 1.82) is 0 Å². The van der Waals surface area contributed by atoms with Crippen molar-refractivity contribution < 1.29 is 14.3 Å². The number of amides is 2. The molecule has 0 atom stereocenters. The molecule has 0 spiro atoms. The molecule has 0 saturated carbocycles. The van der Waals surface area contributed by atoms with E-state index < -0.39 is 0 Å². The average Bonchev–Trinajstić information content (AvgIpc) is 2.81. The lowest BCUT2D eigenvalue weighted by atomic mass is 9.87. The molecule has 0 aliphatic carbocycles. The van der Waals surface area contributed by atoms with Gasteiger partial charge in [-0.25, -0.2) is 0 Å². The zero-order valence-electron chi connectivity index (χ0n) is 19.7. The summed E-state index contributed by atoms with van der Waals surface area (Å²) in [5.41, 5.74) is 3.35. The maximum absolute atomic E-state index is 12.3. The van der Waals surface area contributed by atoms with Crippen molar-refractivity contribution in [3.63, 3.8) is 0 Å². The summed E-state index contributed by atoms with van der Waals surface area (Å²) in [5, 5.41) is 5.77. The van der Waals surface area contributed by atoms with Gasteiger partial charge in [0.15, 0.2) is 0 Å². The van der Waals surface area contributed by atoms with E-state index in [0.717, 1.165) is 15.8 Å². The Morgan fingerprint density at radius 2 is 1.88 bits per heavy atom. The molecule has 0 radical (unpaired) electrons. The Bertz CT molecular complexity index is 1130. The van der Waals surface area contributed by atoms with E-state index in [1.807, 2.05) is 30.3 Å². The summed E-state index contributed by atoms with van der Waals surface area (Å²) in [6.07, 6.45) is 4.12. The van der Waals surface area contributed by atoms with Gasteiger partial charge in [-0.05, 0) is 75.3 Å². The number of pyridine rings is 1. The number of aromatic nitrogens is 1. The van der Waals surface area contributed by atoms with Gasteiger partial charge in [-0.2, -0.15) is 0 Å². The number of hydrogen-bond acceptors (Lipinski definition) is 4. The first-order valence-electron chi connectivity index (χ1n) is 11.2. The number of rotatable bonds is 9. The number of ether oxygens (including phenoxy) is 1. The van der Waals surface area contributed by atoms with Crippen molar-refractivity contribution in [3.05, 3.63) is 88.2 Å². The molecule has 3 aromatic rings. The van der Waals surface area contributed by atoms with Gasteiger partial charge >= 0.3 is 0 Å². The summed E-state index contributed by atoms with van der Waals surface area (Å²) < 4.78 is 6.75. The van der Waals surface area contributed by atoms with E-state index >= 15 is 0 Å². The normalized spacial score (nSPS) is 11.1. The molecule has 1 aromatic heterocycles. The van der Waals surface area contributed by atoms with E-state index in [1.54, 1.807) is 18.3 Å². The minimum atomic E-state index is -0.228. The van der Waals surface area contributed by atoms with Gasteiger partial charge in [0.25, 0.3) is 5.91 Å². The monoisotopic (exact) mass is 523 g/mol. The molecule has 0 saturated heterocycles. The van der Waals surface area contributed by atoms with Gasteiger partial charge in [-0.3, -0.25) is 14.6 Å². The van der Waals surface area contributed by atoms with Gasteiger partial charge in [-0.15, -0.1) is 0 Å². The molecule has 0 aliphatic rings. The molecule has 6 nitrogen and oxygen atoms in total. The predicted octanol–water partition coefficient (Wildman–Crippen LogP) is 5.87. The van der Waals surface area contributed by atoms with Crippen molar-refractivity contribution in [2.75, 3.05) is 11.9 Å². The highest BCUT2D eigenvalue weighted by atomic mass is 79.9.